The van der Waals surface area contributed by atoms with Crippen LogP contribution in [0.15, 0.2) is 23.0 Å². The summed E-state index contributed by atoms with van der Waals surface area (Å²) in [6, 6.07) is 1.50. The number of likely N-dealkylation sites (tertiary alicyclic amines) is 1. The fourth-order valence-electron chi connectivity index (χ4n) is 3.26. The zero-order valence-corrected chi connectivity index (χ0v) is 12.3. The van der Waals surface area contributed by atoms with Crippen molar-refractivity contribution < 1.29 is 4.79 Å². The fraction of sp³-hybridized carbons (Fsp3) is 0.562. The van der Waals surface area contributed by atoms with E-state index in [9.17, 15) is 9.59 Å². The molecule has 3 rings (SSSR count). The second-order valence-corrected chi connectivity index (χ2v) is 6.02. The summed E-state index contributed by atoms with van der Waals surface area (Å²) in [5.74, 6) is 1.27. The van der Waals surface area contributed by atoms with Crippen molar-refractivity contribution in [3.63, 3.8) is 0 Å². The molecule has 2 aliphatic rings. The summed E-state index contributed by atoms with van der Waals surface area (Å²) in [6.45, 7) is 3.26. The minimum atomic E-state index is -0.111. The lowest BCUT2D eigenvalue weighted by atomic mass is 9.93. The third-order valence-electron chi connectivity index (χ3n) is 4.39. The first-order valence-corrected chi connectivity index (χ1v) is 7.65. The van der Waals surface area contributed by atoms with Gasteiger partial charge in [0.1, 0.15) is 5.82 Å². The number of H-pyrrole nitrogens is 1. The molecule has 112 valence electrons. The van der Waals surface area contributed by atoms with Crippen molar-refractivity contribution in [2.45, 2.75) is 38.5 Å². The first-order valence-electron chi connectivity index (χ1n) is 7.65. The van der Waals surface area contributed by atoms with E-state index in [1.807, 2.05) is 11.8 Å². The Morgan fingerprint density at radius 2 is 2.24 bits per heavy atom. The average Bonchev–Trinajstić information content (AvgIpc) is 2.96. The predicted molar refractivity (Wildman–Crippen MR) is 80.0 cm³/mol. The summed E-state index contributed by atoms with van der Waals surface area (Å²) in [5.41, 5.74) is 0.621. The van der Waals surface area contributed by atoms with Crippen LogP contribution in [-0.2, 0) is 4.79 Å². The van der Waals surface area contributed by atoms with Gasteiger partial charge in [-0.2, -0.15) is 0 Å². The lowest BCUT2D eigenvalue weighted by molar-refractivity contribution is -0.134. The first kappa shape index (κ1) is 14.0. The first-order chi connectivity index (χ1) is 10.1. The number of aryl methyl sites for hydroxylation is 1. The van der Waals surface area contributed by atoms with Crippen LogP contribution in [0.25, 0.3) is 0 Å². The van der Waals surface area contributed by atoms with Gasteiger partial charge in [-0.05, 0) is 32.6 Å². The van der Waals surface area contributed by atoms with Crippen LogP contribution >= 0.6 is 0 Å². The van der Waals surface area contributed by atoms with Crippen molar-refractivity contribution in [3.8, 4) is 0 Å². The monoisotopic (exact) mass is 287 g/mol. The molecule has 2 atom stereocenters. The molecule has 1 aliphatic heterocycles. The van der Waals surface area contributed by atoms with Crippen molar-refractivity contribution in [1.82, 2.24) is 14.9 Å². The minimum absolute atomic E-state index is 0.111. The summed E-state index contributed by atoms with van der Waals surface area (Å²) < 4.78 is 0. The highest BCUT2D eigenvalue weighted by atomic mass is 16.2. The topological polar surface area (TPSA) is 66.1 Å². The zero-order valence-electron chi connectivity index (χ0n) is 12.3. The number of aromatic nitrogens is 2. The van der Waals surface area contributed by atoms with Crippen molar-refractivity contribution >= 4 is 5.91 Å². The van der Waals surface area contributed by atoms with E-state index in [1.165, 1.54) is 6.07 Å². The summed E-state index contributed by atoms with van der Waals surface area (Å²) in [6.07, 6.45) is 7.95. The van der Waals surface area contributed by atoms with Gasteiger partial charge in [-0.3, -0.25) is 9.59 Å². The second kappa shape index (κ2) is 5.84. The Bertz CT molecular complexity index is 620. The SMILES string of the molecule is Cc1cc(=O)[nH]c(C2CCN(C(=O)C3CC=CCC3)C2)n1. The summed E-state index contributed by atoms with van der Waals surface area (Å²) >= 11 is 0. The van der Waals surface area contributed by atoms with Gasteiger partial charge in [0, 0.05) is 36.7 Å². The summed E-state index contributed by atoms with van der Waals surface area (Å²) in [4.78, 5) is 33.2. The molecule has 0 spiro atoms. The van der Waals surface area contributed by atoms with E-state index >= 15 is 0 Å². The number of nitrogens with one attached hydrogen (secondary N) is 1. The quantitative estimate of drug-likeness (QED) is 0.843. The molecule has 1 aromatic heterocycles. The molecular formula is C16H21N3O2. The van der Waals surface area contributed by atoms with Gasteiger partial charge in [-0.15, -0.1) is 0 Å². The molecule has 2 heterocycles. The molecule has 0 saturated carbocycles. The number of carbonyl (C=O) groups is 1. The van der Waals surface area contributed by atoms with E-state index in [1.54, 1.807) is 0 Å². The summed E-state index contributed by atoms with van der Waals surface area (Å²) in [5, 5.41) is 0. The van der Waals surface area contributed by atoms with E-state index in [0.717, 1.165) is 43.7 Å². The van der Waals surface area contributed by atoms with Crippen LogP contribution in [0, 0.1) is 12.8 Å². The van der Waals surface area contributed by atoms with Gasteiger partial charge < -0.3 is 9.88 Å². The average molecular weight is 287 g/mol. The van der Waals surface area contributed by atoms with Crippen LogP contribution in [0.5, 0.6) is 0 Å². The van der Waals surface area contributed by atoms with Crippen molar-refractivity contribution in [2.75, 3.05) is 13.1 Å². The van der Waals surface area contributed by atoms with Gasteiger partial charge in [-0.1, -0.05) is 12.2 Å². The molecular weight excluding hydrogens is 266 g/mol. The Labute approximate surface area is 124 Å². The Hall–Kier alpha value is -1.91. The Morgan fingerprint density at radius 1 is 1.38 bits per heavy atom. The Balaban J connectivity index is 1.68. The normalized spacial score (nSPS) is 25.3. The van der Waals surface area contributed by atoms with Gasteiger partial charge >= 0.3 is 0 Å². The number of amides is 1. The number of rotatable bonds is 2. The van der Waals surface area contributed by atoms with Gasteiger partial charge in [-0.25, -0.2) is 4.98 Å². The number of aromatic amines is 1. The molecule has 5 heteroatoms. The zero-order chi connectivity index (χ0) is 14.8. The van der Waals surface area contributed by atoms with Crippen LogP contribution in [0.3, 0.4) is 0 Å². The van der Waals surface area contributed by atoms with Crippen molar-refractivity contribution in [3.05, 3.63) is 40.1 Å². The van der Waals surface area contributed by atoms with Gasteiger partial charge in [0.25, 0.3) is 5.56 Å². The maximum Gasteiger partial charge on any atom is 0.251 e. The molecule has 1 saturated heterocycles. The fourth-order valence-corrected chi connectivity index (χ4v) is 3.26. The Morgan fingerprint density at radius 3 is 2.95 bits per heavy atom. The highest BCUT2D eigenvalue weighted by molar-refractivity contribution is 5.79. The van der Waals surface area contributed by atoms with Gasteiger partial charge in [0.05, 0.1) is 0 Å². The number of hydrogen-bond donors (Lipinski definition) is 1. The molecule has 0 bridgehead atoms. The molecule has 1 amide bonds. The van der Waals surface area contributed by atoms with E-state index in [2.05, 4.69) is 22.1 Å². The van der Waals surface area contributed by atoms with Crippen molar-refractivity contribution in [1.29, 1.82) is 0 Å². The van der Waals surface area contributed by atoms with E-state index in [4.69, 9.17) is 0 Å². The lowest BCUT2D eigenvalue weighted by Gasteiger charge is -2.24. The number of nitrogens with zero attached hydrogens (tertiary/aromatic N) is 2. The smallest absolute Gasteiger partial charge is 0.251 e. The van der Waals surface area contributed by atoms with Crippen LogP contribution < -0.4 is 5.56 Å². The molecule has 1 N–H and O–H groups in total. The standard InChI is InChI=1S/C16H21N3O2/c1-11-9-14(20)18-15(17-11)13-7-8-19(10-13)16(21)12-5-3-2-4-6-12/h2-3,9,12-13H,4-8,10H2,1H3,(H,17,18,20). The summed E-state index contributed by atoms with van der Waals surface area (Å²) in [7, 11) is 0. The molecule has 1 fully saturated rings. The molecule has 0 radical (unpaired) electrons. The second-order valence-electron chi connectivity index (χ2n) is 6.02. The minimum Gasteiger partial charge on any atom is -0.342 e. The predicted octanol–water partition coefficient (Wildman–Crippen LogP) is 1.75. The molecule has 5 nitrogen and oxygen atoms in total. The highest BCUT2D eigenvalue weighted by Crippen LogP contribution is 2.28. The molecule has 1 aromatic rings. The van der Waals surface area contributed by atoms with Crippen LogP contribution in [-0.4, -0.2) is 33.9 Å². The third kappa shape index (κ3) is 3.06. The maximum atomic E-state index is 12.5. The highest BCUT2D eigenvalue weighted by Gasteiger charge is 2.32. The number of hydrogen-bond acceptors (Lipinski definition) is 3. The van der Waals surface area contributed by atoms with Crippen LogP contribution in [0.1, 0.15) is 43.1 Å². The molecule has 21 heavy (non-hydrogen) atoms. The third-order valence-corrected chi connectivity index (χ3v) is 4.39. The Kier molecular flexibility index (Phi) is 3.90. The maximum absolute atomic E-state index is 12.5. The van der Waals surface area contributed by atoms with E-state index < -0.39 is 0 Å². The van der Waals surface area contributed by atoms with Crippen molar-refractivity contribution in [2.24, 2.45) is 5.92 Å². The van der Waals surface area contributed by atoms with Gasteiger partial charge in [0.15, 0.2) is 0 Å². The number of carbonyl (C=O) groups excluding carboxylic acids is 1. The van der Waals surface area contributed by atoms with E-state index in [-0.39, 0.29) is 23.3 Å². The van der Waals surface area contributed by atoms with Gasteiger partial charge in [0.2, 0.25) is 5.91 Å². The largest absolute Gasteiger partial charge is 0.342 e. The molecule has 0 aromatic carbocycles. The molecule has 2 unspecified atom stereocenters. The van der Waals surface area contributed by atoms with Crippen LogP contribution in [0.2, 0.25) is 0 Å². The molecule has 1 aliphatic carbocycles. The van der Waals surface area contributed by atoms with E-state index in [0.29, 0.717) is 6.54 Å². The lowest BCUT2D eigenvalue weighted by Crippen LogP contribution is -2.34. The number of allylic oxidation sites excluding steroid dienone is 2. The van der Waals surface area contributed by atoms with Crippen LogP contribution in [0.4, 0.5) is 0 Å².